The fraction of sp³-hybridized carbons (Fsp3) is 0.364. The number of likely N-dealkylation sites (tertiary alicyclic amines) is 1. The first-order chi connectivity index (χ1) is 14.4. The van der Waals surface area contributed by atoms with E-state index < -0.39 is 18.1 Å². The molecule has 8 nitrogen and oxygen atoms in total. The Balaban J connectivity index is 1.48. The molecule has 1 aromatic carbocycles. The quantitative estimate of drug-likeness (QED) is 0.678. The standard InChI is InChI=1S/C22H25N3O5/c1-16(14-17-6-3-2-4-7-17)23-22(29)30-15-24-12-9-18(10-13-24)20(26)25-11-5-8-19(25)21(27)28/h2-4,6-7,9-10,12-13,16,19H,5,8,11,14-15H2,1H3,(H-,23,27,28,29)/p+1/t16-,19-/m0/s1. The van der Waals surface area contributed by atoms with Crippen LogP contribution in [0.2, 0.25) is 0 Å². The molecule has 0 saturated carbocycles. The second kappa shape index (κ2) is 9.87. The average molecular weight is 412 g/mol. The van der Waals surface area contributed by atoms with E-state index in [0.717, 1.165) is 5.56 Å². The molecule has 2 aromatic rings. The molecule has 1 aliphatic rings. The van der Waals surface area contributed by atoms with Gasteiger partial charge in [-0.3, -0.25) is 4.79 Å². The molecule has 30 heavy (non-hydrogen) atoms. The number of carbonyl (C=O) groups excluding carboxylic acids is 2. The number of hydrogen-bond acceptors (Lipinski definition) is 4. The van der Waals surface area contributed by atoms with Crippen molar-refractivity contribution in [3.8, 4) is 0 Å². The topological polar surface area (TPSA) is 99.8 Å². The van der Waals surface area contributed by atoms with Crippen molar-refractivity contribution in [2.75, 3.05) is 6.54 Å². The van der Waals surface area contributed by atoms with E-state index in [1.54, 1.807) is 29.1 Å². The summed E-state index contributed by atoms with van der Waals surface area (Å²) in [7, 11) is 0. The van der Waals surface area contributed by atoms with Crippen LogP contribution in [0.1, 0.15) is 35.7 Å². The third kappa shape index (κ3) is 5.56. The van der Waals surface area contributed by atoms with Crippen LogP contribution in [-0.2, 0) is 22.7 Å². The number of aromatic nitrogens is 1. The molecule has 2 atom stereocenters. The number of ether oxygens (including phenoxy) is 1. The highest BCUT2D eigenvalue weighted by Crippen LogP contribution is 2.19. The summed E-state index contributed by atoms with van der Waals surface area (Å²) in [6.07, 6.45) is 4.58. The number of hydrogen-bond donors (Lipinski definition) is 2. The van der Waals surface area contributed by atoms with E-state index in [1.807, 2.05) is 37.3 Å². The van der Waals surface area contributed by atoms with Gasteiger partial charge in [0.25, 0.3) is 12.6 Å². The van der Waals surface area contributed by atoms with Gasteiger partial charge in [-0.15, -0.1) is 0 Å². The first kappa shape index (κ1) is 21.3. The summed E-state index contributed by atoms with van der Waals surface area (Å²) in [6, 6.07) is 12.2. The van der Waals surface area contributed by atoms with Crippen molar-refractivity contribution in [3.63, 3.8) is 0 Å². The Morgan fingerprint density at radius 2 is 1.90 bits per heavy atom. The van der Waals surface area contributed by atoms with Crippen LogP contribution < -0.4 is 9.88 Å². The number of carboxylic acids is 1. The molecular formula is C22H26N3O5+. The van der Waals surface area contributed by atoms with Crippen LogP contribution in [0.5, 0.6) is 0 Å². The minimum Gasteiger partial charge on any atom is -0.480 e. The summed E-state index contributed by atoms with van der Waals surface area (Å²) in [5, 5.41) is 12.0. The number of alkyl carbamates (subject to hydrolysis) is 1. The minimum atomic E-state index is -0.979. The minimum absolute atomic E-state index is 0.000173. The fourth-order valence-corrected chi connectivity index (χ4v) is 3.51. The molecule has 1 saturated heterocycles. The number of nitrogens with one attached hydrogen (secondary N) is 1. The van der Waals surface area contributed by atoms with E-state index in [0.29, 0.717) is 31.4 Å². The second-order valence-electron chi connectivity index (χ2n) is 7.39. The van der Waals surface area contributed by atoms with Crippen LogP contribution in [0.25, 0.3) is 0 Å². The highest BCUT2D eigenvalue weighted by Gasteiger charge is 2.34. The van der Waals surface area contributed by atoms with E-state index >= 15 is 0 Å². The zero-order valence-electron chi connectivity index (χ0n) is 16.9. The number of carbonyl (C=O) groups is 3. The number of benzene rings is 1. The number of rotatable bonds is 7. The molecule has 158 valence electrons. The molecule has 3 rings (SSSR count). The van der Waals surface area contributed by atoms with Gasteiger partial charge in [0.05, 0.1) is 5.56 Å². The Kier molecular flexibility index (Phi) is 7.00. The van der Waals surface area contributed by atoms with Crippen LogP contribution in [0.15, 0.2) is 54.9 Å². The molecule has 0 aliphatic carbocycles. The molecule has 1 aliphatic heterocycles. The van der Waals surface area contributed by atoms with E-state index in [9.17, 15) is 19.5 Å². The maximum atomic E-state index is 12.6. The Bertz CT molecular complexity index is 885. The van der Waals surface area contributed by atoms with Crippen molar-refractivity contribution >= 4 is 18.0 Å². The van der Waals surface area contributed by atoms with Crippen LogP contribution in [0.3, 0.4) is 0 Å². The van der Waals surface area contributed by atoms with Gasteiger partial charge >= 0.3 is 12.1 Å². The van der Waals surface area contributed by atoms with Gasteiger partial charge in [0.1, 0.15) is 6.04 Å². The smallest absolute Gasteiger partial charge is 0.412 e. The first-order valence-corrected chi connectivity index (χ1v) is 9.94. The normalized spacial score (nSPS) is 16.7. The van der Waals surface area contributed by atoms with Crippen molar-refractivity contribution in [1.29, 1.82) is 0 Å². The van der Waals surface area contributed by atoms with Gasteiger partial charge < -0.3 is 20.1 Å². The monoisotopic (exact) mass is 412 g/mol. The van der Waals surface area contributed by atoms with Gasteiger partial charge in [0.15, 0.2) is 12.4 Å². The third-order valence-corrected chi connectivity index (χ3v) is 5.03. The lowest BCUT2D eigenvalue weighted by atomic mass is 10.1. The van der Waals surface area contributed by atoms with Crippen LogP contribution in [0, 0.1) is 0 Å². The van der Waals surface area contributed by atoms with E-state index in [4.69, 9.17) is 4.74 Å². The molecule has 0 bridgehead atoms. The Morgan fingerprint density at radius 3 is 2.57 bits per heavy atom. The summed E-state index contributed by atoms with van der Waals surface area (Å²) in [5.74, 6) is -1.28. The number of pyridine rings is 1. The van der Waals surface area contributed by atoms with Gasteiger partial charge in [-0.25, -0.2) is 9.59 Å². The maximum absolute atomic E-state index is 12.6. The molecular weight excluding hydrogens is 386 g/mol. The maximum Gasteiger partial charge on any atom is 0.412 e. The van der Waals surface area contributed by atoms with Crippen molar-refractivity contribution in [2.24, 2.45) is 0 Å². The summed E-state index contributed by atoms with van der Waals surface area (Å²) < 4.78 is 6.85. The molecule has 0 spiro atoms. The first-order valence-electron chi connectivity index (χ1n) is 9.94. The Morgan fingerprint density at radius 1 is 1.20 bits per heavy atom. The SMILES string of the molecule is C[C@@H](Cc1ccccc1)NC(=O)OC[n+]1ccc(C(=O)N2CCC[C@H]2C(=O)O)cc1. The zero-order valence-corrected chi connectivity index (χ0v) is 16.9. The van der Waals surface area contributed by atoms with E-state index in [2.05, 4.69) is 5.32 Å². The van der Waals surface area contributed by atoms with E-state index in [-0.39, 0.29) is 18.7 Å². The fourth-order valence-electron chi connectivity index (χ4n) is 3.51. The summed E-state index contributed by atoms with van der Waals surface area (Å²) >= 11 is 0. The Hall–Kier alpha value is -3.42. The van der Waals surface area contributed by atoms with Crippen LogP contribution >= 0.6 is 0 Å². The second-order valence-corrected chi connectivity index (χ2v) is 7.39. The largest absolute Gasteiger partial charge is 0.480 e. The predicted octanol–water partition coefficient (Wildman–Crippen LogP) is 1.98. The van der Waals surface area contributed by atoms with Crippen molar-refractivity contribution in [1.82, 2.24) is 10.2 Å². The van der Waals surface area contributed by atoms with Gasteiger partial charge in [-0.05, 0) is 31.7 Å². The van der Waals surface area contributed by atoms with Gasteiger partial charge in [-0.2, -0.15) is 4.57 Å². The van der Waals surface area contributed by atoms with Gasteiger partial charge in [0.2, 0.25) is 0 Å². The highest BCUT2D eigenvalue weighted by atomic mass is 16.6. The molecule has 0 unspecified atom stereocenters. The lowest BCUT2D eigenvalue weighted by Crippen LogP contribution is -2.42. The number of aliphatic carboxylic acids is 1. The molecule has 2 amide bonds. The highest BCUT2D eigenvalue weighted by molar-refractivity contribution is 5.96. The predicted molar refractivity (Wildman–Crippen MR) is 108 cm³/mol. The Labute approximate surface area is 175 Å². The summed E-state index contributed by atoms with van der Waals surface area (Å²) in [4.78, 5) is 37.2. The van der Waals surface area contributed by atoms with Gasteiger partial charge in [0, 0.05) is 24.7 Å². The van der Waals surface area contributed by atoms with Crippen LogP contribution in [0.4, 0.5) is 4.79 Å². The number of amides is 2. The van der Waals surface area contributed by atoms with E-state index in [1.165, 1.54) is 4.90 Å². The molecule has 1 fully saturated rings. The summed E-state index contributed by atoms with van der Waals surface area (Å²) in [5.41, 5.74) is 1.53. The van der Waals surface area contributed by atoms with Gasteiger partial charge in [-0.1, -0.05) is 30.3 Å². The number of carboxylic acid groups (broad SMARTS) is 1. The lowest BCUT2D eigenvalue weighted by Gasteiger charge is -2.21. The van der Waals surface area contributed by atoms with Crippen LogP contribution in [-0.4, -0.2) is 46.6 Å². The lowest BCUT2D eigenvalue weighted by molar-refractivity contribution is -0.727. The molecule has 2 N–H and O–H groups in total. The molecule has 1 aromatic heterocycles. The zero-order chi connectivity index (χ0) is 21.5. The third-order valence-electron chi connectivity index (χ3n) is 5.03. The summed E-state index contributed by atoms with van der Waals surface area (Å²) in [6.45, 7) is 2.35. The van der Waals surface area contributed by atoms with Crippen molar-refractivity contribution < 1.29 is 28.8 Å². The number of nitrogens with zero attached hydrogens (tertiary/aromatic N) is 2. The molecule has 0 radical (unpaired) electrons. The van der Waals surface area contributed by atoms with Crippen molar-refractivity contribution in [2.45, 2.75) is 45.0 Å². The molecule has 2 heterocycles. The van der Waals surface area contributed by atoms with Crippen molar-refractivity contribution in [3.05, 3.63) is 66.0 Å². The average Bonchev–Trinajstić information content (AvgIpc) is 3.23. The molecule has 8 heteroatoms.